The van der Waals surface area contributed by atoms with Gasteiger partial charge in [0.15, 0.2) is 0 Å². The van der Waals surface area contributed by atoms with Crippen molar-refractivity contribution in [3.8, 4) is 0 Å². The molecule has 0 N–H and O–H groups in total. The Morgan fingerprint density at radius 1 is 0.893 bits per heavy atom. The fourth-order valence-electron chi connectivity index (χ4n) is 4.18. The van der Waals surface area contributed by atoms with Crippen LogP contribution >= 0.6 is 0 Å². The molecule has 0 amide bonds. The zero-order valence-electron chi connectivity index (χ0n) is 17.2. The Balaban J connectivity index is 1.47. The maximum atomic E-state index is 14.2. The molecule has 1 saturated carbocycles. The largest absolute Gasteiger partial charge is 0.303 e. The quantitative estimate of drug-likeness (QED) is 0.529. The molecule has 2 aromatic carbocycles. The lowest BCUT2D eigenvalue weighted by Gasteiger charge is -2.29. The Hall–Kier alpha value is -1.74. The second-order valence-electron chi connectivity index (χ2n) is 8.33. The van der Waals surface area contributed by atoms with E-state index >= 15 is 0 Å². The average molecular weight is 386 g/mol. The molecular weight excluding hydrogens is 352 g/mol. The molecule has 3 heteroatoms. The van der Waals surface area contributed by atoms with Gasteiger partial charge in [-0.3, -0.25) is 0 Å². The van der Waals surface area contributed by atoms with Crippen molar-refractivity contribution in [2.24, 2.45) is 0 Å². The third-order valence-corrected chi connectivity index (χ3v) is 6.30. The Morgan fingerprint density at radius 2 is 1.50 bits per heavy atom. The first-order valence-corrected chi connectivity index (χ1v) is 10.7. The van der Waals surface area contributed by atoms with E-state index in [0.717, 1.165) is 31.4 Å². The fraction of sp³-hybridized carbons (Fsp3) is 0.520. The van der Waals surface area contributed by atoms with Crippen LogP contribution in [0.2, 0.25) is 0 Å². The third kappa shape index (κ3) is 5.64. The van der Waals surface area contributed by atoms with Crippen LogP contribution in [0.3, 0.4) is 0 Å². The maximum absolute atomic E-state index is 14.2. The first-order chi connectivity index (χ1) is 13.5. The highest BCUT2D eigenvalue weighted by Gasteiger charge is 2.34. The van der Waals surface area contributed by atoms with Crippen LogP contribution in [0.5, 0.6) is 0 Å². The summed E-state index contributed by atoms with van der Waals surface area (Å²) in [5.74, 6) is -0.578. The van der Waals surface area contributed by atoms with E-state index in [4.69, 9.17) is 0 Å². The molecule has 1 fully saturated rings. The molecule has 2 aromatic rings. The molecule has 1 aliphatic rings. The lowest BCUT2D eigenvalue weighted by atomic mass is 9.81. The zero-order chi connectivity index (χ0) is 19.9. The van der Waals surface area contributed by atoms with E-state index in [2.05, 4.69) is 61.3 Å². The molecule has 0 saturated heterocycles. The second-order valence-corrected chi connectivity index (χ2v) is 8.33. The molecule has 1 aliphatic carbocycles. The molecule has 3 rings (SSSR count). The molecule has 1 nitrogen and oxygen atoms in total. The van der Waals surface area contributed by atoms with Crippen LogP contribution in [-0.2, 0) is 12.8 Å². The molecule has 0 heterocycles. The Bertz CT molecular complexity index is 690. The Kier molecular flexibility index (Phi) is 7.61. The van der Waals surface area contributed by atoms with Crippen molar-refractivity contribution >= 4 is 0 Å². The number of aryl methyl sites for hydroxylation is 1. The van der Waals surface area contributed by atoms with Crippen molar-refractivity contribution in [2.45, 2.75) is 69.8 Å². The number of nitrogens with zero attached hydrogens (tertiary/aromatic N) is 1. The molecular formula is C25H33F2N. The second kappa shape index (κ2) is 10.2. The van der Waals surface area contributed by atoms with Gasteiger partial charge in [0, 0.05) is 18.5 Å². The van der Waals surface area contributed by atoms with Crippen molar-refractivity contribution < 1.29 is 8.78 Å². The minimum absolute atomic E-state index is 0.486. The lowest BCUT2D eigenvalue weighted by molar-refractivity contribution is 0.124. The van der Waals surface area contributed by atoms with Gasteiger partial charge in [-0.2, -0.15) is 0 Å². The van der Waals surface area contributed by atoms with Crippen molar-refractivity contribution in [3.63, 3.8) is 0 Å². The van der Waals surface area contributed by atoms with E-state index < -0.39 is 18.3 Å². The molecule has 0 aromatic heterocycles. The van der Waals surface area contributed by atoms with Gasteiger partial charge in [0.25, 0.3) is 0 Å². The summed E-state index contributed by atoms with van der Waals surface area (Å²) >= 11 is 0. The van der Waals surface area contributed by atoms with Gasteiger partial charge in [0.2, 0.25) is 0 Å². The number of halogens is 2. The molecule has 3 atom stereocenters. The van der Waals surface area contributed by atoms with Crippen LogP contribution in [-0.4, -0.2) is 36.9 Å². The number of rotatable bonds is 8. The summed E-state index contributed by atoms with van der Waals surface area (Å²) in [7, 11) is 2.18. The Morgan fingerprint density at radius 3 is 2.14 bits per heavy atom. The number of likely N-dealkylation sites (N-methyl/N-ethyl adjacent to an activating group) is 1. The third-order valence-electron chi connectivity index (χ3n) is 6.30. The predicted octanol–water partition coefficient (Wildman–Crippen LogP) is 6.13. The molecule has 28 heavy (non-hydrogen) atoms. The van der Waals surface area contributed by atoms with Crippen molar-refractivity contribution in [2.75, 3.05) is 13.6 Å². The van der Waals surface area contributed by atoms with E-state index in [1.54, 1.807) is 0 Å². The maximum Gasteiger partial charge on any atom is 0.110 e. The molecule has 0 spiro atoms. The minimum atomic E-state index is -1.05. The van der Waals surface area contributed by atoms with Crippen LogP contribution in [0.4, 0.5) is 8.78 Å². The van der Waals surface area contributed by atoms with Crippen LogP contribution in [0.1, 0.15) is 55.2 Å². The van der Waals surface area contributed by atoms with E-state index in [0.29, 0.717) is 25.3 Å². The van der Waals surface area contributed by atoms with Gasteiger partial charge >= 0.3 is 0 Å². The van der Waals surface area contributed by atoms with Gasteiger partial charge in [0.05, 0.1) is 0 Å². The van der Waals surface area contributed by atoms with Crippen LogP contribution in [0.25, 0.3) is 0 Å². The standard InChI is InChI=1S/C25H33F2N/c1-19(28(2)18-17-20-7-4-3-5-8-20)11-12-21-13-15-22(16-14-21)25-23(26)9-6-10-24(25)27/h3-5,7-8,13-16,19,23-25H,6,9-12,17-18H2,1-2H3. The normalized spacial score (nSPS) is 23.7. The molecule has 0 aliphatic heterocycles. The first kappa shape index (κ1) is 21.0. The molecule has 0 radical (unpaired) electrons. The predicted molar refractivity (Wildman–Crippen MR) is 113 cm³/mol. The van der Waals surface area contributed by atoms with Gasteiger partial charge in [-0.25, -0.2) is 8.78 Å². The summed E-state index contributed by atoms with van der Waals surface area (Å²) < 4.78 is 28.4. The van der Waals surface area contributed by atoms with E-state index in [1.807, 2.05) is 12.1 Å². The van der Waals surface area contributed by atoms with Gasteiger partial charge in [-0.1, -0.05) is 54.6 Å². The SMILES string of the molecule is CC(CCc1ccc(C2C(F)CCCC2F)cc1)N(C)CCc1ccccc1. The van der Waals surface area contributed by atoms with Crippen molar-refractivity contribution in [1.29, 1.82) is 0 Å². The topological polar surface area (TPSA) is 3.24 Å². The lowest BCUT2D eigenvalue weighted by Crippen LogP contribution is -2.31. The zero-order valence-corrected chi connectivity index (χ0v) is 17.2. The van der Waals surface area contributed by atoms with Gasteiger partial charge < -0.3 is 4.90 Å². The summed E-state index contributed by atoms with van der Waals surface area (Å²) in [4.78, 5) is 2.41. The molecule has 0 bridgehead atoms. The Labute approximate surface area is 168 Å². The highest BCUT2D eigenvalue weighted by molar-refractivity contribution is 5.28. The summed E-state index contributed by atoms with van der Waals surface area (Å²) in [6, 6.07) is 19.1. The van der Waals surface area contributed by atoms with Gasteiger partial charge in [0.1, 0.15) is 12.3 Å². The molecule has 3 unspecified atom stereocenters. The van der Waals surface area contributed by atoms with Crippen LogP contribution < -0.4 is 0 Å². The van der Waals surface area contributed by atoms with E-state index in [1.165, 1.54) is 11.1 Å². The monoisotopic (exact) mass is 385 g/mol. The number of alkyl halides is 2. The van der Waals surface area contributed by atoms with E-state index in [-0.39, 0.29) is 0 Å². The average Bonchev–Trinajstić information content (AvgIpc) is 2.71. The van der Waals surface area contributed by atoms with E-state index in [9.17, 15) is 8.78 Å². The number of benzene rings is 2. The molecule has 152 valence electrons. The van der Waals surface area contributed by atoms with Gasteiger partial charge in [-0.15, -0.1) is 0 Å². The smallest absolute Gasteiger partial charge is 0.110 e. The summed E-state index contributed by atoms with van der Waals surface area (Å²) in [6.45, 7) is 3.31. The number of hydrogen-bond donors (Lipinski definition) is 0. The summed E-state index contributed by atoms with van der Waals surface area (Å²) in [5.41, 5.74) is 3.43. The van der Waals surface area contributed by atoms with Gasteiger partial charge in [-0.05, 0) is 69.2 Å². The first-order valence-electron chi connectivity index (χ1n) is 10.7. The van der Waals surface area contributed by atoms with Crippen molar-refractivity contribution in [3.05, 3.63) is 71.3 Å². The summed E-state index contributed by atoms with van der Waals surface area (Å²) in [5, 5.41) is 0. The highest BCUT2D eigenvalue weighted by Crippen LogP contribution is 2.37. The van der Waals surface area contributed by atoms with Crippen LogP contribution in [0.15, 0.2) is 54.6 Å². The fourth-order valence-corrected chi connectivity index (χ4v) is 4.18. The van der Waals surface area contributed by atoms with Crippen molar-refractivity contribution in [1.82, 2.24) is 4.90 Å². The summed E-state index contributed by atoms with van der Waals surface area (Å²) in [6.07, 6.45) is 2.66. The highest BCUT2D eigenvalue weighted by atomic mass is 19.1. The minimum Gasteiger partial charge on any atom is -0.303 e. The number of hydrogen-bond acceptors (Lipinski definition) is 1. The van der Waals surface area contributed by atoms with Crippen LogP contribution in [0, 0.1) is 0 Å².